The van der Waals surface area contributed by atoms with Crippen molar-refractivity contribution in [2.24, 2.45) is 0 Å². The molecule has 0 N–H and O–H groups in total. The van der Waals surface area contributed by atoms with Crippen LogP contribution in [0.2, 0.25) is 0 Å². The van der Waals surface area contributed by atoms with Crippen molar-refractivity contribution in [1.82, 2.24) is 4.98 Å². The van der Waals surface area contributed by atoms with E-state index in [1.807, 2.05) is 12.3 Å². The van der Waals surface area contributed by atoms with Gasteiger partial charge in [-0.25, -0.2) is 4.98 Å². The van der Waals surface area contributed by atoms with Crippen LogP contribution in [-0.4, -0.2) is 18.1 Å². The maximum absolute atomic E-state index is 5.75. The first-order valence-electron chi connectivity index (χ1n) is 4.55. The van der Waals surface area contributed by atoms with E-state index in [-0.39, 0.29) is 0 Å². The Balaban J connectivity index is 2.18. The molecule has 0 unspecified atom stereocenters. The predicted molar refractivity (Wildman–Crippen MR) is 55.2 cm³/mol. The largest absolute Gasteiger partial charge is 0.357 e. The van der Waals surface area contributed by atoms with E-state index < -0.39 is 0 Å². The first-order chi connectivity index (χ1) is 6.31. The molecule has 0 bridgehead atoms. The minimum absolute atomic E-state index is 0.564. The molecule has 1 heterocycles. The molecule has 1 aliphatic rings. The molecule has 0 aromatic carbocycles. The highest BCUT2D eigenvalue weighted by atomic mass is 35.5. The van der Waals surface area contributed by atoms with E-state index in [0.717, 1.165) is 11.4 Å². The number of hydrogen-bond donors (Lipinski definition) is 0. The van der Waals surface area contributed by atoms with Crippen LogP contribution in [0.4, 0.5) is 5.82 Å². The van der Waals surface area contributed by atoms with Gasteiger partial charge in [-0.05, 0) is 30.5 Å². The fourth-order valence-corrected chi connectivity index (χ4v) is 1.55. The molecular weight excluding hydrogens is 184 g/mol. The second-order valence-electron chi connectivity index (χ2n) is 3.50. The average molecular weight is 197 g/mol. The lowest BCUT2D eigenvalue weighted by Gasteiger charge is -2.17. The van der Waals surface area contributed by atoms with Gasteiger partial charge >= 0.3 is 0 Å². The Morgan fingerprint density at radius 1 is 1.62 bits per heavy atom. The zero-order valence-electron chi connectivity index (χ0n) is 7.70. The summed E-state index contributed by atoms with van der Waals surface area (Å²) in [5.41, 5.74) is 1.14. The van der Waals surface area contributed by atoms with Crippen molar-refractivity contribution in [3.63, 3.8) is 0 Å². The van der Waals surface area contributed by atoms with E-state index in [1.54, 1.807) is 0 Å². The minimum Gasteiger partial charge on any atom is -0.357 e. The second-order valence-corrected chi connectivity index (χ2v) is 3.77. The van der Waals surface area contributed by atoms with Crippen molar-refractivity contribution in [2.45, 2.75) is 24.8 Å². The van der Waals surface area contributed by atoms with E-state index in [4.69, 9.17) is 11.6 Å². The summed E-state index contributed by atoms with van der Waals surface area (Å²) in [7, 11) is 2.10. The quantitative estimate of drug-likeness (QED) is 0.691. The molecule has 0 aliphatic heterocycles. The molecule has 1 saturated carbocycles. The van der Waals surface area contributed by atoms with Crippen molar-refractivity contribution >= 4 is 17.4 Å². The molecule has 1 aromatic heterocycles. The van der Waals surface area contributed by atoms with Gasteiger partial charge in [-0.2, -0.15) is 0 Å². The molecule has 0 spiro atoms. The minimum atomic E-state index is 0.564. The standard InChI is InChI=1S/C10H13ClN2/c1-13(9-2-3-9)10-6-8(7-11)4-5-12-10/h4-6,9H,2-3,7H2,1H3. The van der Waals surface area contributed by atoms with Crippen LogP contribution in [-0.2, 0) is 5.88 Å². The van der Waals surface area contributed by atoms with Crippen LogP contribution in [0.5, 0.6) is 0 Å². The molecule has 13 heavy (non-hydrogen) atoms. The molecule has 0 atom stereocenters. The molecule has 2 nitrogen and oxygen atoms in total. The van der Waals surface area contributed by atoms with E-state index >= 15 is 0 Å². The highest BCUT2D eigenvalue weighted by Crippen LogP contribution is 2.29. The molecule has 0 radical (unpaired) electrons. The van der Waals surface area contributed by atoms with Crippen LogP contribution in [0.25, 0.3) is 0 Å². The third-order valence-corrected chi connectivity index (χ3v) is 2.73. The van der Waals surface area contributed by atoms with E-state index in [0.29, 0.717) is 11.9 Å². The third-order valence-electron chi connectivity index (χ3n) is 2.42. The summed E-state index contributed by atoms with van der Waals surface area (Å²) in [5.74, 6) is 1.61. The topological polar surface area (TPSA) is 16.1 Å². The maximum atomic E-state index is 5.75. The van der Waals surface area contributed by atoms with Crippen molar-refractivity contribution in [3.8, 4) is 0 Å². The Labute approximate surface area is 83.5 Å². The number of anilines is 1. The number of halogens is 1. The maximum Gasteiger partial charge on any atom is 0.128 e. The van der Waals surface area contributed by atoms with Crippen LogP contribution in [0.3, 0.4) is 0 Å². The Morgan fingerprint density at radius 2 is 2.38 bits per heavy atom. The molecule has 3 heteroatoms. The number of pyridine rings is 1. The van der Waals surface area contributed by atoms with E-state index in [1.165, 1.54) is 12.8 Å². The Morgan fingerprint density at radius 3 is 3.00 bits per heavy atom. The summed E-state index contributed by atoms with van der Waals surface area (Å²) in [5, 5.41) is 0. The van der Waals surface area contributed by atoms with Crippen LogP contribution in [0.15, 0.2) is 18.3 Å². The fraction of sp³-hybridized carbons (Fsp3) is 0.500. The van der Waals surface area contributed by atoms with Gasteiger partial charge in [0, 0.05) is 25.2 Å². The monoisotopic (exact) mass is 196 g/mol. The zero-order valence-corrected chi connectivity index (χ0v) is 8.46. The lowest BCUT2D eigenvalue weighted by molar-refractivity contribution is 0.890. The molecule has 0 saturated heterocycles. The van der Waals surface area contributed by atoms with Crippen molar-refractivity contribution in [3.05, 3.63) is 23.9 Å². The van der Waals surface area contributed by atoms with Gasteiger partial charge in [0.15, 0.2) is 0 Å². The Kier molecular flexibility index (Phi) is 2.40. The van der Waals surface area contributed by atoms with Gasteiger partial charge in [0.1, 0.15) is 5.82 Å². The summed E-state index contributed by atoms with van der Waals surface area (Å²) in [6.45, 7) is 0. The van der Waals surface area contributed by atoms with Gasteiger partial charge in [0.05, 0.1) is 0 Å². The third kappa shape index (κ3) is 1.94. The number of rotatable bonds is 3. The number of aromatic nitrogens is 1. The number of hydrogen-bond acceptors (Lipinski definition) is 2. The highest BCUT2D eigenvalue weighted by molar-refractivity contribution is 6.17. The van der Waals surface area contributed by atoms with E-state index in [9.17, 15) is 0 Å². The van der Waals surface area contributed by atoms with E-state index in [2.05, 4.69) is 23.0 Å². The zero-order chi connectivity index (χ0) is 9.26. The average Bonchev–Trinajstić information content (AvgIpc) is 3.00. The summed E-state index contributed by atoms with van der Waals surface area (Å²) >= 11 is 5.75. The predicted octanol–water partition coefficient (Wildman–Crippen LogP) is 2.42. The Hall–Kier alpha value is -0.760. The molecule has 1 fully saturated rings. The van der Waals surface area contributed by atoms with Gasteiger partial charge in [0.25, 0.3) is 0 Å². The van der Waals surface area contributed by atoms with Gasteiger partial charge in [-0.1, -0.05) is 0 Å². The second kappa shape index (κ2) is 3.54. The lowest BCUT2D eigenvalue weighted by atomic mass is 10.3. The lowest BCUT2D eigenvalue weighted by Crippen LogP contribution is -2.20. The fourth-order valence-electron chi connectivity index (χ4n) is 1.39. The molecule has 0 amide bonds. The SMILES string of the molecule is CN(c1cc(CCl)ccn1)C1CC1. The van der Waals surface area contributed by atoms with Crippen LogP contribution in [0.1, 0.15) is 18.4 Å². The number of nitrogens with zero attached hydrogens (tertiary/aromatic N) is 2. The van der Waals surface area contributed by atoms with Gasteiger partial charge in [-0.15, -0.1) is 11.6 Å². The van der Waals surface area contributed by atoms with Crippen LogP contribution in [0, 0.1) is 0 Å². The molecule has 1 aliphatic carbocycles. The molecule has 1 aromatic rings. The van der Waals surface area contributed by atoms with Crippen molar-refractivity contribution in [2.75, 3.05) is 11.9 Å². The Bertz CT molecular complexity index is 297. The summed E-state index contributed by atoms with van der Waals surface area (Å²) in [4.78, 5) is 6.55. The summed E-state index contributed by atoms with van der Waals surface area (Å²) in [6, 6.07) is 4.72. The van der Waals surface area contributed by atoms with Gasteiger partial charge < -0.3 is 4.90 Å². The molecular formula is C10H13ClN2. The normalized spacial score (nSPS) is 15.8. The van der Waals surface area contributed by atoms with Gasteiger partial charge in [-0.3, -0.25) is 0 Å². The highest BCUT2D eigenvalue weighted by Gasteiger charge is 2.26. The van der Waals surface area contributed by atoms with Gasteiger partial charge in [0.2, 0.25) is 0 Å². The van der Waals surface area contributed by atoms with Crippen molar-refractivity contribution in [1.29, 1.82) is 0 Å². The molecule has 2 rings (SSSR count). The van der Waals surface area contributed by atoms with Crippen LogP contribution >= 0.6 is 11.6 Å². The summed E-state index contributed by atoms with van der Waals surface area (Å²) in [6.07, 6.45) is 4.42. The van der Waals surface area contributed by atoms with Crippen LogP contribution < -0.4 is 4.90 Å². The smallest absolute Gasteiger partial charge is 0.128 e. The first-order valence-corrected chi connectivity index (χ1v) is 5.08. The number of alkyl halides is 1. The summed E-state index contributed by atoms with van der Waals surface area (Å²) < 4.78 is 0. The first kappa shape index (κ1) is 8.82. The molecule has 70 valence electrons. The van der Waals surface area contributed by atoms with Crippen molar-refractivity contribution < 1.29 is 0 Å².